The summed E-state index contributed by atoms with van der Waals surface area (Å²) >= 11 is 0. The molecule has 1 unspecified atom stereocenters. The number of benzene rings is 1. The Kier molecular flexibility index (Phi) is 2.23. The molecule has 0 spiro atoms. The Balaban J connectivity index is 2.35. The van der Waals surface area contributed by atoms with Crippen LogP contribution in [-0.2, 0) is 12.8 Å². The highest BCUT2D eigenvalue weighted by atomic mass is 16.3. The van der Waals surface area contributed by atoms with E-state index in [9.17, 15) is 5.11 Å². The van der Waals surface area contributed by atoms with E-state index in [1.54, 1.807) is 0 Å². The number of nitrogen functional groups attached to an aromatic ring is 1. The standard InChI is InChI=1S/C11H15NO/c12-11-3-1-2-8-4-5-9(13)6-7-10(8)11/h1-3,9,13H,4-7,12H2. The number of rotatable bonds is 0. The summed E-state index contributed by atoms with van der Waals surface area (Å²) in [6, 6.07) is 6.05. The lowest BCUT2D eigenvalue weighted by Crippen LogP contribution is -2.05. The molecule has 3 N–H and O–H groups in total. The highest BCUT2D eigenvalue weighted by Crippen LogP contribution is 2.25. The predicted molar refractivity (Wildman–Crippen MR) is 53.5 cm³/mol. The highest BCUT2D eigenvalue weighted by molar-refractivity contribution is 5.51. The van der Waals surface area contributed by atoms with E-state index in [4.69, 9.17) is 5.73 Å². The maximum atomic E-state index is 9.51. The largest absolute Gasteiger partial charge is 0.398 e. The van der Waals surface area contributed by atoms with Gasteiger partial charge in [0.2, 0.25) is 0 Å². The molecular weight excluding hydrogens is 162 g/mol. The first-order chi connectivity index (χ1) is 6.27. The minimum Gasteiger partial charge on any atom is -0.398 e. The molecule has 1 aliphatic carbocycles. The molecule has 1 aliphatic rings. The van der Waals surface area contributed by atoms with Crippen LogP contribution in [-0.4, -0.2) is 11.2 Å². The zero-order valence-corrected chi connectivity index (χ0v) is 7.66. The molecule has 1 aromatic rings. The maximum absolute atomic E-state index is 9.51. The van der Waals surface area contributed by atoms with Gasteiger partial charge < -0.3 is 10.8 Å². The third-order valence-electron chi connectivity index (χ3n) is 2.78. The van der Waals surface area contributed by atoms with Crippen LogP contribution in [0.2, 0.25) is 0 Å². The van der Waals surface area contributed by atoms with Gasteiger partial charge in [0.25, 0.3) is 0 Å². The van der Waals surface area contributed by atoms with Crippen molar-refractivity contribution in [2.24, 2.45) is 0 Å². The van der Waals surface area contributed by atoms with Crippen molar-refractivity contribution in [1.82, 2.24) is 0 Å². The number of nitrogens with two attached hydrogens (primary N) is 1. The molecule has 2 heteroatoms. The van der Waals surface area contributed by atoms with Crippen LogP contribution >= 0.6 is 0 Å². The average Bonchev–Trinajstić information content (AvgIpc) is 2.30. The first-order valence-electron chi connectivity index (χ1n) is 4.81. The fraction of sp³-hybridized carbons (Fsp3) is 0.455. The average molecular weight is 177 g/mol. The monoisotopic (exact) mass is 177 g/mol. The number of hydrogen-bond acceptors (Lipinski definition) is 2. The Bertz CT molecular complexity index is 309. The fourth-order valence-corrected chi connectivity index (χ4v) is 1.97. The molecule has 2 nitrogen and oxygen atoms in total. The second-order valence-electron chi connectivity index (χ2n) is 3.72. The quantitative estimate of drug-likeness (QED) is 0.466. The molecule has 0 radical (unpaired) electrons. The topological polar surface area (TPSA) is 46.2 Å². The zero-order valence-electron chi connectivity index (χ0n) is 7.66. The van der Waals surface area contributed by atoms with Crippen molar-refractivity contribution >= 4 is 5.69 Å². The molecule has 0 fully saturated rings. The van der Waals surface area contributed by atoms with Gasteiger partial charge in [0.15, 0.2) is 0 Å². The lowest BCUT2D eigenvalue weighted by atomic mass is 10.0. The molecule has 13 heavy (non-hydrogen) atoms. The third-order valence-corrected chi connectivity index (χ3v) is 2.78. The van der Waals surface area contributed by atoms with Crippen molar-refractivity contribution in [3.8, 4) is 0 Å². The first kappa shape index (κ1) is 8.57. The molecule has 0 saturated carbocycles. The van der Waals surface area contributed by atoms with Gasteiger partial charge in [-0.25, -0.2) is 0 Å². The summed E-state index contributed by atoms with van der Waals surface area (Å²) in [5, 5.41) is 9.51. The van der Waals surface area contributed by atoms with E-state index in [1.165, 1.54) is 11.1 Å². The second kappa shape index (κ2) is 3.38. The van der Waals surface area contributed by atoms with Crippen molar-refractivity contribution in [3.63, 3.8) is 0 Å². The minimum atomic E-state index is -0.146. The van der Waals surface area contributed by atoms with E-state index in [-0.39, 0.29) is 6.10 Å². The van der Waals surface area contributed by atoms with Crippen molar-refractivity contribution in [2.75, 3.05) is 5.73 Å². The van der Waals surface area contributed by atoms with Crippen LogP contribution in [0.3, 0.4) is 0 Å². The van der Waals surface area contributed by atoms with E-state index in [0.717, 1.165) is 31.4 Å². The second-order valence-corrected chi connectivity index (χ2v) is 3.72. The summed E-state index contributed by atoms with van der Waals surface area (Å²) in [5.41, 5.74) is 9.32. The normalized spacial score (nSPS) is 22.1. The molecule has 1 aromatic carbocycles. The van der Waals surface area contributed by atoms with Gasteiger partial charge in [-0.1, -0.05) is 12.1 Å². The molecule has 0 heterocycles. The summed E-state index contributed by atoms with van der Waals surface area (Å²) in [6.45, 7) is 0. The van der Waals surface area contributed by atoms with E-state index in [0.29, 0.717) is 0 Å². The molecule has 0 aromatic heterocycles. The van der Waals surface area contributed by atoms with Crippen molar-refractivity contribution in [2.45, 2.75) is 31.8 Å². The van der Waals surface area contributed by atoms with Crippen LogP contribution in [0.25, 0.3) is 0 Å². The summed E-state index contributed by atoms with van der Waals surface area (Å²) < 4.78 is 0. The first-order valence-corrected chi connectivity index (χ1v) is 4.81. The van der Waals surface area contributed by atoms with E-state index < -0.39 is 0 Å². The fourth-order valence-electron chi connectivity index (χ4n) is 1.97. The van der Waals surface area contributed by atoms with Crippen LogP contribution in [0.5, 0.6) is 0 Å². The molecule has 0 aliphatic heterocycles. The SMILES string of the molecule is Nc1cccc2c1CCC(O)CC2. The van der Waals surface area contributed by atoms with Crippen molar-refractivity contribution < 1.29 is 5.11 Å². The van der Waals surface area contributed by atoms with E-state index in [2.05, 4.69) is 6.07 Å². The summed E-state index contributed by atoms with van der Waals surface area (Å²) in [5.74, 6) is 0. The van der Waals surface area contributed by atoms with Crippen LogP contribution < -0.4 is 5.73 Å². The highest BCUT2D eigenvalue weighted by Gasteiger charge is 2.14. The lowest BCUT2D eigenvalue weighted by molar-refractivity contribution is 0.158. The van der Waals surface area contributed by atoms with Crippen LogP contribution in [0.4, 0.5) is 5.69 Å². The molecular formula is C11H15NO. The van der Waals surface area contributed by atoms with Gasteiger partial charge in [-0.2, -0.15) is 0 Å². The van der Waals surface area contributed by atoms with Gasteiger partial charge in [-0.15, -0.1) is 0 Å². The Morgan fingerprint density at radius 2 is 2.00 bits per heavy atom. The zero-order chi connectivity index (χ0) is 9.26. The Morgan fingerprint density at radius 3 is 2.85 bits per heavy atom. The minimum absolute atomic E-state index is 0.146. The van der Waals surface area contributed by atoms with Gasteiger partial charge in [-0.3, -0.25) is 0 Å². The van der Waals surface area contributed by atoms with Crippen molar-refractivity contribution in [1.29, 1.82) is 0 Å². The number of anilines is 1. The number of fused-ring (bicyclic) bond motifs is 1. The predicted octanol–water partition coefficient (Wildman–Crippen LogP) is 1.51. The lowest BCUT2D eigenvalue weighted by Gasteiger charge is -2.07. The molecule has 70 valence electrons. The summed E-state index contributed by atoms with van der Waals surface area (Å²) in [6.07, 6.45) is 3.45. The molecule has 2 rings (SSSR count). The number of aliphatic hydroxyl groups is 1. The van der Waals surface area contributed by atoms with Crippen LogP contribution in [0.1, 0.15) is 24.0 Å². The van der Waals surface area contributed by atoms with Crippen LogP contribution in [0, 0.1) is 0 Å². The van der Waals surface area contributed by atoms with Gasteiger partial charge >= 0.3 is 0 Å². The number of aliphatic hydroxyl groups excluding tert-OH is 1. The molecule has 1 atom stereocenters. The number of hydrogen-bond donors (Lipinski definition) is 2. The van der Waals surface area contributed by atoms with Gasteiger partial charge in [-0.05, 0) is 42.9 Å². The molecule has 0 saturated heterocycles. The number of aryl methyl sites for hydroxylation is 1. The maximum Gasteiger partial charge on any atom is 0.0546 e. The molecule has 0 amide bonds. The van der Waals surface area contributed by atoms with E-state index in [1.807, 2.05) is 12.1 Å². The summed E-state index contributed by atoms with van der Waals surface area (Å²) in [7, 11) is 0. The Hall–Kier alpha value is -1.02. The van der Waals surface area contributed by atoms with Gasteiger partial charge in [0.05, 0.1) is 6.10 Å². The Morgan fingerprint density at radius 1 is 1.23 bits per heavy atom. The smallest absolute Gasteiger partial charge is 0.0546 e. The summed E-state index contributed by atoms with van der Waals surface area (Å²) in [4.78, 5) is 0. The Labute approximate surface area is 78.4 Å². The van der Waals surface area contributed by atoms with Gasteiger partial charge in [0.1, 0.15) is 0 Å². The molecule has 0 bridgehead atoms. The third kappa shape index (κ3) is 1.68. The van der Waals surface area contributed by atoms with Crippen molar-refractivity contribution in [3.05, 3.63) is 29.3 Å². The van der Waals surface area contributed by atoms with E-state index >= 15 is 0 Å². The van der Waals surface area contributed by atoms with Gasteiger partial charge in [0, 0.05) is 5.69 Å². The van der Waals surface area contributed by atoms with Crippen LogP contribution in [0.15, 0.2) is 18.2 Å².